The summed E-state index contributed by atoms with van der Waals surface area (Å²) in [6.07, 6.45) is 5.07. The standard InChI is InChI=1S/C20H26N2O2/c1-14(2)13-22(17-8-9-17)20(23)11-10-19-21-12-18(24-19)16-6-4-15(3)5-7-16/h4-7,12,14,17H,8-11,13H2,1-3H3. The minimum atomic E-state index is 0.223. The molecule has 1 fully saturated rings. The Morgan fingerprint density at radius 3 is 2.62 bits per heavy atom. The van der Waals surface area contributed by atoms with Gasteiger partial charge in [0.25, 0.3) is 0 Å². The molecule has 0 aliphatic heterocycles. The zero-order valence-electron chi connectivity index (χ0n) is 14.8. The van der Waals surface area contributed by atoms with Gasteiger partial charge in [-0.2, -0.15) is 0 Å². The third-order valence-electron chi connectivity index (χ3n) is 4.31. The molecule has 1 aromatic carbocycles. The van der Waals surface area contributed by atoms with Crippen molar-refractivity contribution in [3.05, 3.63) is 41.9 Å². The molecule has 2 aromatic rings. The van der Waals surface area contributed by atoms with Crippen LogP contribution in [0.4, 0.5) is 0 Å². The molecular formula is C20H26N2O2. The topological polar surface area (TPSA) is 46.3 Å². The van der Waals surface area contributed by atoms with Crippen molar-refractivity contribution in [2.75, 3.05) is 6.54 Å². The number of nitrogens with zero attached hydrogens (tertiary/aromatic N) is 2. The third kappa shape index (κ3) is 4.25. The fraction of sp³-hybridized carbons (Fsp3) is 0.500. The average Bonchev–Trinajstić information content (AvgIpc) is 3.29. The van der Waals surface area contributed by atoms with E-state index in [4.69, 9.17) is 4.42 Å². The lowest BCUT2D eigenvalue weighted by molar-refractivity contribution is -0.132. The second-order valence-corrected chi connectivity index (χ2v) is 7.16. The Morgan fingerprint density at radius 1 is 1.29 bits per heavy atom. The van der Waals surface area contributed by atoms with Gasteiger partial charge in [0.15, 0.2) is 11.7 Å². The van der Waals surface area contributed by atoms with E-state index in [9.17, 15) is 4.79 Å². The molecule has 1 saturated carbocycles. The number of carbonyl (C=O) groups excluding carboxylic acids is 1. The molecule has 4 heteroatoms. The predicted molar refractivity (Wildman–Crippen MR) is 94.6 cm³/mol. The lowest BCUT2D eigenvalue weighted by Crippen LogP contribution is -2.36. The summed E-state index contributed by atoms with van der Waals surface area (Å²) in [6, 6.07) is 8.64. The van der Waals surface area contributed by atoms with Crippen molar-refractivity contribution < 1.29 is 9.21 Å². The first kappa shape index (κ1) is 16.7. The summed E-state index contributed by atoms with van der Waals surface area (Å²) in [6.45, 7) is 7.23. The Hall–Kier alpha value is -2.10. The highest BCUT2D eigenvalue weighted by Crippen LogP contribution is 2.28. The van der Waals surface area contributed by atoms with Crippen molar-refractivity contribution in [3.63, 3.8) is 0 Å². The van der Waals surface area contributed by atoms with Crippen molar-refractivity contribution in [2.45, 2.75) is 52.5 Å². The van der Waals surface area contributed by atoms with Crippen LogP contribution in [-0.4, -0.2) is 28.4 Å². The molecule has 0 unspecified atom stereocenters. The van der Waals surface area contributed by atoms with Crippen LogP contribution in [0.25, 0.3) is 11.3 Å². The van der Waals surface area contributed by atoms with Gasteiger partial charge >= 0.3 is 0 Å². The van der Waals surface area contributed by atoms with Crippen molar-refractivity contribution in [2.24, 2.45) is 5.92 Å². The number of aromatic nitrogens is 1. The molecule has 3 rings (SSSR count). The number of aryl methyl sites for hydroxylation is 2. The Kier molecular flexibility index (Phi) is 5.03. The zero-order valence-corrected chi connectivity index (χ0v) is 14.8. The molecule has 1 aromatic heterocycles. The van der Waals surface area contributed by atoms with Crippen LogP contribution in [0, 0.1) is 12.8 Å². The summed E-state index contributed by atoms with van der Waals surface area (Å²) in [4.78, 5) is 18.9. The van der Waals surface area contributed by atoms with Crippen LogP contribution < -0.4 is 0 Å². The summed E-state index contributed by atoms with van der Waals surface area (Å²) in [5, 5.41) is 0. The number of oxazole rings is 1. The number of hydrogen-bond acceptors (Lipinski definition) is 3. The van der Waals surface area contributed by atoms with E-state index < -0.39 is 0 Å². The highest BCUT2D eigenvalue weighted by Gasteiger charge is 2.32. The third-order valence-corrected chi connectivity index (χ3v) is 4.31. The lowest BCUT2D eigenvalue weighted by Gasteiger charge is -2.24. The Labute approximate surface area is 143 Å². The summed E-state index contributed by atoms with van der Waals surface area (Å²) < 4.78 is 5.82. The van der Waals surface area contributed by atoms with Crippen LogP contribution in [-0.2, 0) is 11.2 Å². The maximum Gasteiger partial charge on any atom is 0.223 e. The van der Waals surface area contributed by atoms with Gasteiger partial charge in [-0.1, -0.05) is 43.7 Å². The first-order chi connectivity index (χ1) is 11.5. The van der Waals surface area contributed by atoms with E-state index in [1.54, 1.807) is 6.20 Å². The quantitative estimate of drug-likeness (QED) is 0.765. The van der Waals surface area contributed by atoms with Crippen molar-refractivity contribution in [3.8, 4) is 11.3 Å². The van der Waals surface area contributed by atoms with E-state index in [2.05, 4.69) is 42.8 Å². The minimum Gasteiger partial charge on any atom is -0.441 e. The number of rotatable bonds is 7. The second-order valence-electron chi connectivity index (χ2n) is 7.16. The van der Waals surface area contributed by atoms with Gasteiger partial charge in [-0.25, -0.2) is 4.98 Å². The molecule has 0 spiro atoms. The van der Waals surface area contributed by atoms with E-state index >= 15 is 0 Å². The van der Waals surface area contributed by atoms with Gasteiger partial charge in [-0.15, -0.1) is 0 Å². The van der Waals surface area contributed by atoms with Crippen molar-refractivity contribution in [1.82, 2.24) is 9.88 Å². The van der Waals surface area contributed by atoms with Crippen molar-refractivity contribution in [1.29, 1.82) is 0 Å². The molecule has 24 heavy (non-hydrogen) atoms. The largest absolute Gasteiger partial charge is 0.441 e. The fourth-order valence-electron chi connectivity index (χ4n) is 2.87. The fourth-order valence-corrected chi connectivity index (χ4v) is 2.87. The Morgan fingerprint density at radius 2 is 2.00 bits per heavy atom. The summed E-state index contributed by atoms with van der Waals surface area (Å²) in [5.74, 6) is 2.13. The Bertz CT molecular complexity index is 684. The van der Waals surface area contributed by atoms with Gasteiger partial charge in [0.2, 0.25) is 5.91 Å². The van der Waals surface area contributed by atoms with Gasteiger partial charge in [0.05, 0.1) is 6.20 Å². The van der Waals surface area contributed by atoms with Gasteiger partial charge in [0.1, 0.15) is 0 Å². The first-order valence-corrected chi connectivity index (χ1v) is 8.84. The highest BCUT2D eigenvalue weighted by atomic mass is 16.4. The molecule has 0 bridgehead atoms. The molecule has 1 amide bonds. The molecule has 0 atom stereocenters. The van der Waals surface area contributed by atoms with Gasteiger partial charge < -0.3 is 9.32 Å². The summed E-state index contributed by atoms with van der Waals surface area (Å²) in [7, 11) is 0. The number of amides is 1. The van der Waals surface area contributed by atoms with E-state index in [0.29, 0.717) is 30.7 Å². The molecule has 0 radical (unpaired) electrons. The van der Waals surface area contributed by atoms with Crippen LogP contribution in [0.15, 0.2) is 34.9 Å². The monoisotopic (exact) mass is 326 g/mol. The van der Waals surface area contributed by atoms with Crippen molar-refractivity contribution >= 4 is 5.91 Å². The number of hydrogen-bond donors (Lipinski definition) is 0. The zero-order chi connectivity index (χ0) is 17.1. The highest BCUT2D eigenvalue weighted by molar-refractivity contribution is 5.77. The lowest BCUT2D eigenvalue weighted by atomic mass is 10.1. The Balaban J connectivity index is 1.58. The number of benzene rings is 1. The maximum absolute atomic E-state index is 12.5. The molecule has 128 valence electrons. The van der Waals surface area contributed by atoms with Crippen LogP contribution in [0.2, 0.25) is 0 Å². The summed E-state index contributed by atoms with van der Waals surface area (Å²) in [5.41, 5.74) is 2.24. The van der Waals surface area contributed by atoms with E-state index in [-0.39, 0.29) is 5.91 Å². The predicted octanol–water partition coefficient (Wildman–Crippen LogP) is 4.23. The molecule has 0 saturated heterocycles. The molecule has 1 heterocycles. The SMILES string of the molecule is Cc1ccc(-c2cnc(CCC(=O)N(CC(C)C)C3CC3)o2)cc1. The van der Waals surface area contributed by atoms with Gasteiger partial charge in [-0.3, -0.25) is 4.79 Å². The smallest absolute Gasteiger partial charge is 0.223 e. The van der Waals surface area contributed by atoms with Crippen LogP contribution in [0.5, 0.6) is 0 Å². The van der Waals surface area contributed by atoms with Gasteiger partial charge in [0, 0.05) is 31.0 Å². The normalized spacial score (nSPS) is 14.2. The van der Waals surface area contributed by atoms with E-state index in [1.165, 1.54) is 5.56 Å². The summed E-state index contributed by atoms with van der Waals surface area (Å²) >= 11 is 0. The van der Waals surface area contributed by atoms with Crippen LogP contribution in [0.1, 0.15) is 44.6 Å². The molecule has 1 aliphatic carbocycles. The first-order valence-electron chi connectivity index (χ1n) is 8.84. The average molecular weight is 326 g/mol. The molecule has 1 aliphatic rings. The minimum absolute atomic E-state index is 0.223. The van der Waals surface area contributed by atoms with Crippen LogP contribution >= 0.6 is 0 Å². The van der Waals surface area contributed by atoms with E-state index in [1.807, 2.05) is 12.1 Å². The molecule has 0 N–H and O–H groups in total. The molecule has 4 nitrogen and oxygen atoms in total. The molecular weight excluding hydrogens is 300 g/mol. The van der Waals surface area contributed by atoms with Crippen LogP contribution in [0.3, 0.4) is 0 Å². The van der Waals surface area contributed by atoms with Gasteiger partial charge in [-0.05, 0) is 25.7 Å². The van der Waals surface area contributed by atoms with E-state index in [0.717, 1.165) is 30.7 Å². The number of carbonyl (C=O) groups is 1. The second kappa shape index (κ2) is 7.20. The maximum atomic E-state index is 12.5.